The summed E-state index contributed by atoms with van der Waals surface area (Å²) in [6, 6.07) is 0. The molecule has 0 fully saturated rings. The summed E-state index contributed by atoms with van der Waals surface area (Å²) in [6.45, 7) is 13.3. The van der Waals surface area contributed by atoms with Crippen LogP contribution in [0.25, 0.3) is 0 Å². The Morgan fingerprint density at radius 1 is 0.944 bits per heavy atom. The first-order valence-corrected chi connectivity index (χ1v) is 12.8. The fourth-order valence-corrected chi connectivity index (χ4v) is 2.55. The molecule has 0 aliphatic rings. The van der Waals surface area contributed by atoms with E-state index in [0.717, 1.165) is 0 Å². The summed E-state index contributed by atoms with van der Waals surface area (Å²) in [7, 11) is -3.72. The molecule has 0 unspecified atom stereocenters. The lowest BCUT2D eigenvalue weighted by atomic mass is 10.2. The normalized spacial score (nSPS) is 13.2. The van der Waals surface area contributed by atoms with Gasteiger partial charge in [0.1, 0.15) is 0 Å². The molecule has 4 nitrogen and oxygen atoms in total. The van der Waals surface area contributed by atoms with Gasteiger partial charge in [-0.05, 0) is 46.2 Å². The Bertz CT molecular complexity index is 348. The first-order valence-electron chi connectivity index (χ1n) is 6.03. The topological polar surface area (TPSA) is 52.6 Å². The van der Waals surface area contributed by atoms with Crippen molar-refractivity contribution < 1.29 is 18.4 Å². The van der Waals surface area contributed by atoms with E-state index in [9.17, 15) is 9.59 Å². The summed E-state index contributed by atoms with van der Waals surface area (Å²) in [5.74, 6) is -0.621. The molecule has 0 aliphatic carbocycles. The van der Waals surface area contributed by atoms with Gasteiger partial charge in [0.05, 0.1) is 6.42 Å². The number of hydrogen-bond donors (Lipinski definition) is 0. The van der Waals surface area contributed by atoms with Gasteiger partial charge in [0.2, 0.25) is 16.6 Å². The van der Waals surface area contributed by atoms with E-state index in [0.29, 0.717) is 5.57 Å². The molecule has 0 saturated heterocycles. The van der Waals surface area contributed by atoms with Crippen LogP contribution in [0, 0.1) is 0 Å². The van der Waals surface area contributed by atoms with Gasteiger partial charge in [-0.2, -0.15) is 0 Å². The lowest BCUT2D eigenvalue weighted by Crippen LogP contribution is -2.30. The van der Waals surface area contributed by atoms with Crippen LogP contribution in [-0.4, -0.2) is 28.6 Å². The van der Waals surface area contributed by atoms with E-state index < -0.39 is 16.6 Å². The zero-order chi connectivity index (χ0) is 14.6. The Morgan fingerprint density at radius 3 is 1.78 bits per heavy atom. The summed E-state index contributed by atoms with van der Waals surface area (Å²) >= 11 is 0. The van der Waals surface area contributed by atoms with Crippen molar-refractivity contribution in [1.29, 1.82) is 0 Å². The standard InChI is InChI=1S/C12H24O4Si2/c1-10(12(14)16-18(5,6)7)8-9-11(13)15-17(2,3)4/h8H,9H2,1-7H3/b10-8-. The largest absolute Gasteiger partial charge is 0.520 e. The van der Waals surface area contributed by atoms with Gasteiger partial charge in [-0.25, -0.2) is 4.79 Å². The monoisotopic (exact) mass is 288 g/mol. The van der Waals surface area contributed by atoms with Gasteiger partial charge in [0, 0.05) is 5.57 Å². The van der Waals surface area contributed by atoms with Crippen LogP contribution < -0.4 is 0 Å². The molecule has 0 aliphatic heterocycles. The fraction of sp³-hybridized carbons (Fsp3) is 0.667. The van der Waals surface area contributed by atoms with E-state index in [4.69, 9.17) is 8.85 Å². The van der Waals surface area contributed by atoms with Gasteiger partial charge in [-0.3, -0.25) is 4.79 Å². The molecule has 0 amide bonds. The second kappa shape index (κ2) is 6.33. The molecular weight excluding hydrogens is 264 g/mol. The van der Waals surface area contributed by atoms with E-state index in [1.54, 1.807) is 13.0 Å². The van der Waals surface area contributed by atoms with E-state index in [1.807, 2.05) is 39.3 Å². The molecule has 0 bridgehead atoms. The highest BCUT2D eigenvalue weighted by atomic mass is 28.4. The molecule has 0 aromatic carbocycles. The highest BCUT2D eigenvalue weighted by Crippen LogP contribution is 2.09. The maximum Gasteiger partial charge on any atom is 0.320 e. The molecule has 0 atom stereocenters. The summed E-state index contributed by atoms with van der Waals surface area (Å²) in [5, 5.41) is 0. The van der Waals surface area contributed by atoms with Crippen LogP contribution in [0.3, 0.4) is 0 Å². The first-order chi connectivity index (χ1) is 7.91. The van der Waals surface area contributed by atoms with Crippen molar-refractivity contribution in [3.05, 3.63) is 11.6 Å². The average Bonchev–Trinajstić information content (AvgIpc) is 2.08. The minimum Gasteiger partial charge on any atom is -0.520 e. The minimum atomic E-state index is -1.88. The number of carbonyl (C=O) groups is 2. The van der Waals surface area contributed by atoms with Crippen molar-refractivity contribution in [3.63, 3.8) is 0 Å². The third-order valence-electron chi connectivity index (χ3n) is 1.72. The third-order valence-corrected chi connectivity index (χ3v) is 3.35. The lowest BCUT2D eigenvalue weighted by Gasteiger charge is -2.18. The van der Waals surface area contributed by atoms with Crippen LogP contribution in [0.1, 0.15) is 13.3 Å². The molecule has 0 N–H and O–H groups in total. The molecule has 6 heteroatoms. The maximum atomic E-state index is 11.7. The minimum absolute atomic E-state index is 0.122. The van der Waals surface area contributed by atoms with Crippen molar-refractivity contribution in [3.8, 4) is 0 Å². The van der Waals surface area contributed by atoms with Gasteiger partial charge in [-0.15, -0.1) is 0 Å². The molecule has 104 valence electrons. The van der Waals surface area contributed by atoms with Crippen molar-refractivity contribution >= 4 is 28.6 Å². The Hall–Kier alpha value is -0.886. The van der Waals surface area contributed by atoms with Crippen LogP contribution in [0.5, 0.6) is 0 Å². The van der Waals surface area contributed by atoms with E-state index >= 15 is 0 Å². The Kier molecular flexibility index (Phi) is 6.02. The van der Waals surface area contributed by atoms with Crippen molar-refractivity contribution in [1.82, 2.24) is 0 Å². The molecule has 0 spiro atoms. The maximum absolute atomic E-state index is 11.7. The highest BCUT2D eigenvalue weighted by Gasteiger charge is 2.22. The van der Waals surface area contributed by atoms with Crippen molar-refractivity contribution in [2.24, 2.45) is 0 Å². The van der Waals surface area contributed by atoms with Gasteiger partial charge < -0.3 is 8.85 Å². The SMILES string of the molecule is C/C(=C/CC(=O)O[Si](C)(C)C)C(=O)O[Si](C)(C)C. The molecule has 0 aromatic heterocycles. The van der Waals surface area contributed by atoms with E-state index in [2.05, 4.69) is 0 Å². The van der Waals surface area contributed by atoms with Gasteiger partial charge >= 0.3 is 5.97 Å². The van der Waals surface area contributed by atoms with E-state index in [-0.39, 0.29) is 18.4 Å². The molecule has 0 heterocycles. The highest BCUT2D eigenvalue weighted by molar-refractivity contribution is 6.71. The summed E-state index contributed by atoms with van der Waals surface area (Å²) < 4.78 is 10.6. The Morgan fingerprint density at radius 2 is 1.39 bits per heavy atom. The molecule has 0 radical (unpaired) electrons. The van der Waals surface area contributed by atoms with E-state index in [1.165, 1.54) is 0 Å². The molecule has 0 aromatic rings. The summed E-state index contributed by atoms with van der Waals surface area (Å²) in [6.07, 6.45) is 1.70. The third kappa shape index (κ3) is 9.18. The molecular formula is C12H24O4Si2. The van der Waals surface area contributed by atoms with Crippen LogP contribution in [-0.2, 0) is 18.4 Å². The van der Waals surface area contributed by atoms with Crippen LogP contribution in [0.4, 0.5) is 0 Å². The zero-order valence-electron chi connectivity index (χ0n) is 12.4. The number of hydrogen-bond acceptors (Lipinski definition) is 4. The predicted octanol–water partition coefficient (Wildman–Crippen LogP) is 3.08. The fourth-order valence-electron chi connectivity index (χ4n) is 1.06. The smallest absolute Gasteiger partial charge is 0.320 e. The van der Waals surface area contributed by atoms with Gasteiger partial charge in [0.15, 0.2) is 0 Å². The average molecular weight is 288 g/mol. The van der Waals surface area contributed by atoms with Crippen molar-refractivity contribution in [2.45, 2.75) is 52.6 Å². The molecule has 0 saturated carbocycles. The van der Waals surface area contributed by atoms with Gasteiger partial charge in [-0.1, -0.05) is 6.08 Å². The zero-order valence-corrected chi connectivity index (χ0v) is 14.4. The molecule has 0 rings (SSSR count). The van der Waals surface area contributed by atoms with Crippen LogP contribution >= 0.6 is 0 Å². The van der Waals surface area contributed by atoms with Gasteiger partial charge in [0.25, 0.3) is 5.97 Å². The second-order valence-electron chi connectivity index (χ2n) is 6.18. The van der Waals surface area contributed by atoms with Crippen molar-refractivity contribution in [2.75, 3.05) is 0 Å². The number of rotatable bonds is 5. The quantitative estimate of drug-likeness (QED) is 0.576. The Balaban J connectivity index is 4.36. The predicted molar refractivity (Wildman–Crippen MR) is 77.3 cm³/mol. The summed E-state index contributed by atoms with van der Waals surface area (Å²) in [5.41, 5.74) is 0.463. The second-order valence-corrected chi connectivity index (χ2v) is 15.0. The molecule has 18 heavy (non-hydrogen) atoms. The first kappa shape index (κ1) is 17.1. The Labute approximate surface area is 112 Å². The van der Waals surface area contributed by atoms with Crippen LogP contribution in [0.2, 0.25) is 39.3 Å². The summed E-state index contributed by atoms with van der Waals surface area (Å²) in [4.78, 5) is 23.2. The number of carbonyl (C=O) groups excluding carboxylic acids is 2. The lowest BCUT2D eigenvalue weighted by molar-refractivity contribution is -0.134. The van der Waals surface area contributed by atoms with Crippen LogP contribution in [0.15, 0.2) is 11.6 Å².